The van der Waals surface area contributed by atoms with E-state index in [1.165, 1.54) is 35.5 Å². The zero-order valence-electron chi connectivity index (χ0n) is 26.0. The van der Waals surface area contributed by atoms with Crippen molar-refractivity contribution in [3.05, 3.63) is 124 Å². The second kappa shape index (κ2) is 16.0. The molecule has 246 valence electrons. The van der Waals surface area contributed by atoms with Gasteiger partial charge < -0.3 is 20.7 Å². The predicted molar refractivity (Wildman–Crippen MR) is 186 cm³/mol. The van der Waals surface area contributed by atoms with E-state index in [0.29, 0.717) is 35.0 Å². The molecule has 0 bridgehead atoms. The number of Topliss-reactive ketones (excluding diaryl/α,β-unsaturated/α-hetero) is 1. The van der Waals surface area contributed by atoms with Gasteiger partial charge in [0, 0.05) is 53.0 Å². The summed E-state index contributed by atoms with van der Waals surface area (Å²) in [5, 5.41) is 10.5. The van der Waals surface area contributed by atoms with E-state index >= 15 is 0 Å². The average Bonchev–Trinajstić information content (AvgIpc) is 3.64. The lowest BCUT2D eigenvalue weighted by atomic mass is 9.92. The van der Waals surface area contributed by atoms with Crippen molar-refractivity contribution in [3.8, 4) is 5.75 Å². The quantitative estimate of drug-likeness (QED) is 0.153. The molecule has 1 atom stereocenters. The Labute approximate surface area is 286 Å². The summed E-state index contributed by atoms with van der Waals surface area (Å²) < 4.78 is 5.14. The van der Waals surface area contributed by atoms with E-state index in [0.717, 1.165) is 5.56 Å². The van der Waals surface area contributed by atoms with Gasteiger partial charge in [0.15, 0.2) is 5.78 Å². The lowest BCUT2D eigenvalue weighted by Crippen LogP contribution is -2.44. The van der Waals surface area contributed by atoms with E-state index in [2.05, 4.69) is 16.0 Å². The summed E-state index contributed by atoms with van der Waals surface area (Å²) in [6.45, 7) is 0.498. The van der Waals surface area contributed by atoms with Gasteiger partial charge in [-0.05, 0) is 65.9 Å². The van der Waals surface area contributed by atoms with Crippen molar-refractivity contribution >= 4 is 63.6 Å². The predicted octanol–water partition coefficient (Wildman–Crippen LogP) is 5.31. The molecule has 1 heterocycles. The highest BCUT2D eigenvalue weighted by Crippen LogP contribution is 2.32. The molecular weight excluding hydrogens is 652 g/mol. The minimum absolute atomic E-state index is 0.0104. The van der Waals surface area contributed by atoms with E-state index in [1.807, 2.05) is 41.8 Å². The Hall–Kier alpha value is -5.26. The van der Waals surface area contributed by atoms with Crippen molar-refractivity contribution in [2.45, 2.75) is 18.9 Å². The van der Waals surface area contributed by atoms with E-state index in [-0.39, 0.29) is 59.1 Å². The first-order valence-corrected chi connectivity index (χ1v) is 16.6. The first kappa shape index (κ1) is 34.1. The fourth-order valence-corrected chi connectivity index (χ4v) is 6.18. The minimum Gasteiger partial charge on any atom is -0.497 e. The summed E-state index contributed by atoms with van der Waals surface area (Å²) >= 11 is 7.38. The second-order valence-corrected chi connectivity index (χ2v) is 12.0. The number of ketones is 2. The third-order valence-electron chi connectivity index (χ3n) is 7.61. The van der Waals surface area contributed by atoms with Crippen LogP contribution in [0.2, 0.25) is 0 Å². The number of nitrogens with zero attached hydrogens (tertiary/aromatic N) is 1. The van der Waals surface area contributed by atoms with E-state index in [4.69, 9.17) is 16.3 Å². The van der Waals surface area contributed by atoms with Gasteiger partial charge in [0.25, 0.3) is 0 Å². The number of benzene rings is 3. The molecule has 1 aliphatic rings. The molecule has 12 heteroatoms. The zero-order valence-corrected chi connectivity index (χ0v) is 27.6. The van der Waals surface area contributed by atoms with Crippen molar-refractivity contribution in [2.75, 3.05) is 36.3 Å². The van der Waals surface area contributed by atoms with Crippen molar-refractivity contribution in [3.63, 3.8) is 0 Å². The molecule has 0 fully saturated rings. The van der Waals surface area contributed by atoms with E-state index in [1.54, 1.807) is 42.5 Å². The third-order valence-corrected chi connectivity index (χ3v) is 8.76. The maximum absolute atomic E-state index is 13.6. The fraction of sp³-hybridized carbons (Fsp3) is 0.194. The summed E-state index contributed by atoms with van der Waals surface area (Å²) in [6, 6.07) is 23.7. The number of amides is 3. The van der Waals surface area contributed by atoms with Crippen LogP contribution in [-0.4, -0.2) is 55.4 Å². The third kappa shape index (κ3) is 8.17. The second-order valence-electron chi connectivity index (χ2n) is 10.8. The number of carbonyl (C=O) groups is 5. The first-order chi connectivity index (χ1) is 23.3. The monoisotopic (exact) mass is 684 g/mol. The van der Waals surface area contributed by atoms with Gasteiger partial charge in [-0.15, -0.1) is 22.9 Å². The van der Waals surface area contributed by atoms with Crippen molar-refractivity contribution in [2.24, 2.45) is 0 Å². The lowest BCUT2D eigenvalue weighted by Gasteiger charge is -2.30. The Balaban J connectivity index is 1.21. The van der Waals surface area contributed by atoms with Crippen LogP contribution < -0.4 is 25.6 Å². The summed E-state index contributed by atoms with van der Waals surface area (Å²) in [5.74, 6) is -1.66. The summed E-state index contributed by atoms with van der Waals surface area (Å²) in [4.78, 5) is 67.0. The number of carbonyl (C=O) groups excluding carboxylic acids is 5. The molecule has 0 aliphatic heterocycles. The van der Waals surface area contributed by atoms with Gasteiger partial charge in [-0.2, -0.15) is 0 Å². The molecule has 0 saturated heterocycles. The maximum atomic E-state index is 13.6. The number of fused-ring (bicyclic) bond motifs is 1. The Morgan fingerprint density at radius 3 is 2.38 bits per heavy atom. The standard InChI is InChI=1S/C36H33ClN4O6S/c1-47-26-13-14-27-28(20-26)30(42)21-29(35(27)45)38-18-16-32(43)40-24-9-11-25(12-10-24)41(33(44)22-37)34(31-8-5-19-48-31)36(46)39-17-15-23-6-3-2-4-7-23/h2-14,19-21,34,38H,15-18,22H2,1H3,(H,39,46)(H,40,43). The number of hydrogen-bond donors (Lipinski definition) is 3. The number of ether oxygens (including phenoxy) is 1. The van der Waals surface area contributed by atoms with Gasteiger partial charge in [-0.25, -0.2) is 0 Å². The van der Waals surface area contributed by atoms with Crippen LogP contribution in [0.3, 0.4) is 0 Å². The number of anilines is 2. The number of thiophene rings is 1. The number of allylic oxidation sites excluding steroid dienone is 2. The molecule has 0 spiro atoms. The van der Waals surface area contributed by atoms with Crippen molar-refractivity contribution < 1.29 is 28.7 Å². The smallest absolute Gasteiger partial charge is 0.248 e. The number of hydrogen-bond acceptors (Lipinski definition) is 8. The Morgan fingerprint density at radius 2 is 1.69 bits per heavy atom. The highest BCUT2D eigenvalue weighted by atomic mass is 35.5. The van der Waals surface area contributed by atoms with Crippen molar-refractivity contribution in [1.29, 1.82) is 0 Å². The van der Waals surface area contributed by atoms with Gasteiger partial charge in [-0.1, -0.05) is 36.4 Å². The van der Waals surface area contributed by atoms with Gasteiger partial charge in [0.05, 0.1) is 12.8 Å². The molecule has 3 amide bonds. The first-order valence-electron chi connectivity index (χ1n) is 15.1. The lowest BCUT2D eigenvalue weighted by molar-refractivity contribution is -0.125. The molecule has 0 saturated carbocycles. The summed E-state index contributed by atoms with van der Waals surface area (Å²) in [6.07, 6.45) is 1.87. The Morgan fingerprint density at radius 1 is 0.917 bits per heavy atom. The number of alkyl halides is 1. The van der Waals surface area contributed by atoms with Gasteiger partial charge in [0.1, 0.15) is 17.7 Å². The van der Waals surface area contributed by atoms with Gasteiger partial charge in [-0.3, -0.25) is 28.9 Å². The van der Waals surface area contributed by atoms with E-state index < -0.39 is 11.9 Å². The molecule has 1 unspecified atom stereocenters. The molecule has 4 aromatic rings. The Bertz CT molecular complexity index is 1830. The van der Waals surface area contributed by atoms with Crippen molar-refractivity contribution in [1.82, 2.24) is 10.6 Å². The van der Waals surface area contributed by atoms with Crippen LogP contribution in [-0.2, 0) is 20.8 Å². The summed E-state index contributed by atoms with van der Waals surface area (Å²) in [7, 11) is 1.48. The summed E-state index contributed by atoms with van der Waals surface area (Å²) in [5.41, 5.74) is 2.62. The molecular formula is C36H33ClN4O6S. The Kier molecular flexibility index (Phi) is 11.4. The fourth-order valence-electron chi connectivity index (χ4n) is 5.24. The molecule has 1 aliphatic carbocycles. The highest BCUT2D eigenvalue weighted by molar-refractivity contribution is 7.10. The van der Waals surface area contributed by atoms with Gasteiger partial charge in [0.2, 0.25) is 23.5 Å². The van der Waals surface area contributed by atoms with Crippen LogP contribution in [0, 0.1) is 0 Å². The van der Waals surface area contributed by atoms with Crippen LogP contribution >= 0.6 is 22.9 Å². The molecule has 0 radical (unpaired) electrons. The molecule has 5 rings (SSSR count). The number of rotatable bonds is 14. The number of methoxy groups -OCH3 is 1. The number of nitrogens with one attached hydrogen (secondary N) is 3. The molecule has 48 heavy (non-hydrogen) atoms. The molecule has 3 aromatic carbocycles. The van der Waals surface area contributed by atoms with Gasteiger partial charge >= 0.3 is 0 Å². The average molecular weight is 685 g/mol. The minimum atomic E-state index is -0.948. The van der Waals surface area contributed by atoms with Crippen LogP contribution in [0.15, 0.2) is 102 Å². The van der Waals surface area contributed by atoms with Crippen LogP contribution in [0.1, 0.15) is 43.6 Å². The SMILES string of the molecule is COc1ccc2c(c1)C(=O)C=C(NCCC(=O)Nc1ccc(N(C(=O)CCl)C(C(=O)NCCc3ccccc3)c3cccs3)cc1)C2=O. The topological polar surface area (TPSA) is 134 Å². The highest BCUT2D eigenvalue weighted by Gasteiger charge is 2.33. The van der Waals surface area contributed by atoms with Crippen LogP contribution in [0.25, 0.3) is 0 Å². The molecule has 1 aromatic heterocycles. The molecule has 3 N–H and O–H groups in total. The maximum Gasteiger partial charge on any atom is 0.248 e. The number of halogens is 1. The van der Waals surface area contributed by atoms with Crippen LogP contribution in [0.5, 0.6) is 5.75 Å². The van der Waals surface area contributed by atoms with Crippen LogP contribution in [0.4, 0.5) is 11.4 Å². The normalized spacial score (nSPS) is 12.8. The largest absolute Gasteiger partial charge is 0.497 e. The zero-order chi connectivity index (χ0) is 34.0. The van der Waals surface area contributed by atoms with E-state index in [9.17, 15) is 24.0 Å². The molecule has 10 nitrogen and oxygen atoms in total.